The summed E-state index contributed by atoms with van der Waals surface area (Å²) in [5.74, 6) is 0.868. The second-order valence-electron chi connectivity index (χ2n) is 3.69. The van der Waals surface area contributed by atoms with Crippen LogP contribution in [0.1, 0.15) is 6.92 Å². The van der Waals surface area contributed by atoms with E-state index in [2.05, 4.69) is 9.88 Å². The zero-order valence-corrected chi connectivity index (χ0v) is 9.37. The first-order valence-electron chi connectivity index (χ1n) is 4.94. The molecule has 1 aliphatic heterocycles. The van der Waals surface area contributed by atoms with Gasteiger partial charge in [-0.05, 0) is 6.92 Å². The maximum absolute atomic E-state index is 5.82. The summed E-state index contributed by atoms with van der Waals surface area (Å²) in [5.41, 5.74) is 6.30. The van der Waals surface area contributed by atoms with E-state index in [-0.39, 0.29) is 6.10 Å². The Labute approximate surface area is 94.0 Å². The molecule has 5 heteroatoms. The zero-order chi connectivity index (χ0) is 10.8. The summed E-state index contributed by atoms with van der Waals surface area (Å²) in [7, 11) is 0. The van der Waals surface area contributed by atoms with E-state index < -0.39 is 0 Å². The van der Waals surface area contributed by atoms with Gasteiger partial charge in [-0.1, -0.05) is 11.6 Å². The van der Waals surface area contributed by atoms with Crippen molar-refractivity contribution >= 4 is 23.1 Å². The number of halogens is 1. The lowest BCUT2D eigenvalue weighted by Gasteiger charge is -2.32. The number of nitrogens with two attached hydrogens (primary N) is 1. The Hall–Kier alpha value is -1.00. The van der Waals surface area contributed by atoms with E-state index in [1.54, 1.807) is 12.3 Å². The Balaban J connectivity index is 2.18. The molecule has 2 rings (SSSR count). The number of anilines is 2. The van der Waals surface area contributed by atoms with Crippen molar-refractivity contribution in [3.8, 4) is 0 Å². The van der Waals surface area contributed by atoms with E-state index in [4.69, 9.17) is 22.1 Å². The number of nitrogen functional groups attached to an aromatic ring is 1. The van der Waals surface area contributed by atoms with Crippen LogP contribution in [0.15, 0.2) is 12.3 Å². The molecule has 2 heterocycles. The first-order chi connectivity index (χ1) is 7.16. The third-order valence-electron chi connectivity index (χ3n) is 2.44. The van der Waals surface area contributed by atoms with Gasteiger partial charge in [-0.2, -0.15) is 0 Å². The van der Waals surface area contributed by atoms with Crippen molar-refractivity contribution in [1.82, 2.24) is 4.98 Å². The smallest absolute Gasteiger partial charge is 0.130 e. The standard InChI is InChI=1S/C10H14ClN3O/c1-7-6-14(2-3-15-7)10-4-9(12)8(11)5-13-10/h4-5,7H,2-3,6H2,1H3,(H2,12,13). The summed E-state index contributed by atoms with van der Waals surface area (Å²) < 4.78 is 5.46. The van der Waals surface area contributed by atoms with Crippen molar-refractivity contribution in [2.24, 2.45) is 0 Å². The molecule has 0 spiro atoms. The van der Waals surface area contributed by atoms with Gasteiger partial charge in [-0.15, -0.1) is 0 Å². The van der Waals surface area contributed by atoms with Gasteiger partial charge in [-0.25, -0.2) is 4.98 Å². The normalized spacial score (nSPS) is 21.7. The minimum absolute atomic E-state index is 0.234. The molecule has 0 bridgehead atoms. The van der Waals surface area contributed by atoms with Crippen LogP contribution in [0.4, 0.5) is 11.5 Å². The minimum atomic E-state index is 0.234. The number of nitrogens with zero attached hydrogens (tertiary/aromatic N) is 2. The highest BCUT2D eigenvalue weighted by Gasteiger charge is 2.18. The van der Waals surface area contributed by atoms with Gasteiger partial charge in [0.25, 0.3) is 0 Å². The number of hydrogen-bond acceptors (Lipinski definition) is 4. The lowest BCUT2D eigenvalue weighted by molar-refractivity contribution is 0.0529. The molecule has 0 radical (unpaired) electrons. The number of morpholine rings is 1. The van der Waals surface area contributed by atoms with Gasteiger partial charge in [-0.3, -0.25) is 0 Å². The highest BCUT2D eigenvalue weighted by atomic mass is 35.5. The molecule has 0 amide bonds. The monoisotopic (exact) mass is 227 g/mol. The predicted molar refractivity (Wildman–Crippen MR) is 61.3 cm³/mol. The quantitative estimate of drug-likeness (QED) is 0.791. The molecule has 1 unspecified atom stereocenters. The average Bonchev–Trinajstić information content (AvgIpc) is 2.22. The van der Waals surface area contributed by atoms with Gasteiger partial charge in [0.2, 0.25) is 0 Å². The van der Waals surface area contributed by atoms with Crippen molar-refractivity contribution < 1.29 is 4.74 Å². The van der Waals surface area contributed by atoms with E-state index >= 15 is 0 Å². The van der Waals surface area contributed by atoms with Crippen molar-refractivity contribution in [3.05, 3.63) is 17.3 Å². The maximum Gasteiger partial charge on any atom is 0.130 e. The largest absolute Gasteiger partial charge is 0.397 e. The molecular formula is C10H14ClN3O. The third-order valence-corrected chi connectivity index (χ3v) is 2.75. The van der Waals surface area contributed by atoms with E-state index in [0.717, 1.165) is 25.5 Å². The first kappa shape index (κ1) is 10.5. The van der Waals surface area contributed by atoms with Crippen LogP contribution in [0.5, 0.6) is 0 Å². The number of hydrogen-bond donors (Lipinski definition) is 1. The lowest BCUT2D eigenvalue weighted by Crippen LogP contribution is -2.41. The SMILES string of the molecule is CC1CN(c2cc(N)c(Cl)cn2)CCO1. The molecule has 1 atom stereocenters. The predicted octanol–water partition coefficient (Wildman–Crippen LogP) is 1.54. The van der Waals surface area contributed by atoms with Crippen molar-refractivity contribution in [2.45, 2.75) is 13.0 Å². The summed E-state index contributed by atoms with van der Waals surface area (Å²) in [4.78, 5) is 6.41. The summed E-state index contributed by atoms with van der Waals surface area (Å²) in [6, 6.07) is 1.81. The second kappa shape index (κ2) is 4.24. The Morgan fingerprint density at radius 3 is 3.13 bits per heavy atom. The molecule has 82 valence electrons. The summed E-state index contributed by atoms with van der Waals surface area (Å²) in [6.07, 6.45) is 1.82. The highest BCUT2D eigenvalue weighted by molar-refractivity contribution is 6.32. The molecule has 1 aliphatic rings. The Kier molecular flexibility index (Phi) is 2.98. The zero-order valence-electron chi connectivity index (χ0n) is 8.61. The first-order valence-corrected chi connectivity index (χ1v) is 5.32. The van der Waals surface area contributed by atoms with Crippen LogP contribution in [0.3, 0.4) is 0 Å². The van der Waals surface area contributed by atoms with E-state index in [1.165, 1.54) is 0 Å². The fourth-order valence-electron chi connectivity index (χ4n) is 1.64. The van der Waals surface area contributed by atoms with E-state index in [1.807, 2.05) is 6.92 Å². The summed E-state index contributed by atoms with van der Waals surface area (Å²) >= 11 is 5.82. The highest BCUT2D eigenvalue weighted by Crippen LogP contribution is 2.23. The molecular weight excluding hydrogens is 214 g/mol. The van der Waals surface area contributed by atoms with Crippen molar-refractivity contribution in [1.29, 1.82) is 0 Å². The molecule has 1 aromatic rings. The second-order valence-corrected chi connectivity index (χ2v) is 4.10. The molecule has 15 heavy (non-hydrogen) atoms. The van der Waals surface area contributed by atoms with Gasteiger partial charge in [0.05, 0.1) is 23.4 Å². The van der Waals surface area contributed by atoms with Crippen LogP contribution in [0.25, 0.3) is 0 Å². The van der Waals surface area contributed by atoms with Crippen LogP contribution in [-0.4, -0.2) is 30.8 Å². The maximum atomic E-state index is 5.82. The fourth-order valence-corrected chi connectivity index (χ4v) is 1.75. The lowest BCUT2D eigenvalue weighted by atomic mass is 10.3. The van der Waals surface area contributed by atoms with E-state index in [9.17, 15) is 0 Å². The van der Waals surface area contributed by atoms with Gasteiger partial charge >= 0.3 is 0 Å². The molecule has 1 aromatic heterocycles. The Morgan fingerprint density at radius 2 is 2.47 bits per heavy atom. The van der Waals surface area contributed by atoms with Gasteiger partial charge in [0.1, 0.15) is 5.82 Å². The van der Waals surface area contributed by atoms with Crippen LogP contribution in [0.2, 0.25) is 5.02 Å². The molecule has 1 saturated heterocycles. The van der Waals surface area contributed by atoms with Gasteiger partial charge in [0, 0.05) is 25.4 Å². The van der Waals surface area contributed by atoms with Crippen molar-refractivity contribution in [3.63, 3.8) is 0 Å². The van der Waals surface area contributed by atoms with Crippen LogP contribution < -0.4 is 10.6 Å². The number of pyridine rings is 1. The third kappa shape index (κ3) is 2.33. The number of ether oxygens (including phenoxy) is 1. The summed E-state index contributed by atoms with van der Waals surface area (Å²) in [6.45, 7) is 4.46. The molecule has 4 nitrogen and oxygen atoms in total. The van der Waals surface area contributed by atoms with Gasteiger partial charge in [0.15, 0.2) is 0 Å². The topological polar surface area (TPSA) is 51.4 Å². The van der Waals surface area contributed by atoms with E-state index in [0.29, 0.717) is 10.7 Å². The van der Waals surface area contributed by atoms with Crippen LogP contribution in [-0.2, 0) is 4.74 Å². The fraction of sp³-hybridized carbons (Fsp3) is 0.500. The van der Waals surface area contributed by atoms with Gasteiger partial charge < -0.3 is 15.4 Å². The average molecular weight is 228 g/mol. The molecule has 0 aliphatic carbocycles. The molecule has 1 fully saturated rings. The molecule has 2 N–H and O–H groups in total. The molecule has 0 aromatic carbocycles. The van der Waals surface area contributed by atoms with Crippen LogP contribution >= 0.6 is 11.6 Å². The summed E-state index contributed by atoms with van der Waals surface area (Å²) in [5, 5.41) is 0.500. The number of aromatic nitrogens is 1. The molecule has 0 saturated carbocycles. The van der Waals surface area contributed by atoms with Crippen LogP contribution in [0, 0.1) is 0 Å². The minimum Gasteiger partial charge on any atom is -0.397 e. The Bertz CT molecular complexity index is 359. The Morgan fingerprint density at radius 1 is 1.67 bits per heavy atom. The number of rotatable bonds is 1. The van der Waals surface area contributed by atoms with Crippen molar-refractivity contribution in [2.75, 3.05) is 30.3 Å².